The molecular weight excluding hydrogens is 144 g/mol. The van der Waals surface area contributed by atoms with Crippen molar-refractivity contribution in [2.45, 2.75) is 31.2 Å². The fraction of sp³-hybridized carbons (Fsp3) is 0.750. The molecule has 3 atom stereocenters. The molecule has 1 fully saturated rings. The maximum Gasteiger partial charge on any atom is 0.107 e. The van der Waals surface area contributed by atoms with Crippen molar-refractivity contribution in [1.82, 2.24) is 0 Å². The Balaban J connectivity index is 2.36. The molecule has 3 heteroatoms. The summed E-state index contributed by atoms with van der Waals surface area (Å²) in [5, 5.41) is 18.0. The van der Waals surface area contributed by atoms with Gasteiger partial charge in [0.1, 0.15) is 6.10 Å². The fourth-order valence-corrected chi connectivity index (χ4v) is 1.32. The summed E-state index contributed by atoms with van der Waals surface area (Å²) < 4.78 is 5.29. The second-order valence-corrected chi connectivity index (χ2v) is 2.81. The first-order valence-corrected chi connectivity index (χ1v) is 3.83. The van der Waals surface area contributed by atoms with Crippen molar-refractivity contribution in [2.75, 3.05) is 6.61 Å². The normalized spacial score (nSPS) is 37.5. The summed E-state index contributed by atoms with van der Waals surface area (Å²) >= 11 is 0. The molecule has 0 radical (unpaired) electrons. The largest absolute Gasteiger partial charge is 0.394 e. The van der Waals surface area contributed by atoms with E-state index >= 15 is 0 Å². The predicted molar refractivity (Wildman–Crippen MR) is 41.2 cm³/mol. The predicted octanol–water partition coefficient (Wildman–Crippen LogP) is 0.0732. The van der Waals surface area contributed by atoms with Gasteiger partial charge < -0.3 is 14.9 Å². The van der Waals surface area contributed by atoms with Gasteiger partial charge in [-0.3, -0.25) is 0 Å². The van der Waals surface area contributed by atoms with E-state index in [2.05, 4.69) is 6.58 Å². The standard InChI is InChI=1S/C8H14O3/c1-2-3-6-4-7(10)8(5-9)11-6/h2,6-10H,1,3-5H2. The van der Waals surface area contributed by atoms with Crippen molar-refractivity contribution in [3.63, 3.8) is 0 Å². The van der Waals surface area contributed by atoms with E-state index in [1.807, 2.05) is 0 Å². The van der Waals surface area contributed by atoms with E-state index in [4.69, 9.17) is 9.84 Å². The molecule has 0 aliphatic carbocycles. The lowest BCUT2D eigenvalue weighted by Crippen LogP contribution is -2.24. The van der Waals surface area contributed by atoms with E-state index in [9.17, 15) is 5.11 Å². The maximum atomic E-state index is 9.27. The molecule has 1 aliphatic rings. The molecule has 0 amide bonds. The molecule has 1 heterocycles. The molecule has 2 N–H and O–H groups in total. The summed E-state index contributed by atoms with van der Waals surface area (Å²) in [5.41, 5.74) is 0. The zero-order valence-electron chi connectivity index (χ0n) is 6.44. The van der Waals surface area contributed by atoms with E-state index in [1.54, 1.807) is 6.08 Å². The first-order valence-electron chi connectivity index (χ1n) is 3.83. The van der Waals surface area contributed by atoms with Crippen molar-refractivity contribution in [2.24, 2.45) is 0 Å². The first kappa shape index (κ1) is 8.71. The van der Waals surface area contributed by atoms with Crippen LogP contribution in [-0.2, 0) is 4.74 Å². The zero-order chi connectivity index (χ0) is 8.27. The van der Waals surface area contributed by atoms with Crippen LogP contribution < -0.4 is 0 Å². The topological polar surface area (TPSA) is 49.7 Å². The highest BCUT2D eigenvalue weighted by Gasteiger charge is 2.32. The molecule has 3 nitrogen and oxygen atoms in total. The molecule has 1 rings (SSSR count). The highest BCUT2D eigenvalue weighted by atomic mass is 16.5. The Bertz CT molecular complexity index is 135. The molecule has 11 heavy (non-hydrogen) atoms. The maximum absolute atomic E-state index is 9.27. The SMILES string of the molecule is C=CCC1CC(O)C(CO)O1. The molecule has 0 bridgehead atoms. The van der Waals surface area contributed by atoms with Gasteiger partial charge in [-0.2, -0.15) is 0 Å². The Kier molecular flexibility index (Phi) is 3.05. The Morgan fingerprint density at radius 2 is 2.36 bits per heavy atom. The van der Waals surface area contributed by atoms with Gasteiger partial charge in [-0.05, 0) is 6.42 Å². The van der Waals surface area contributed by atoms with Gasteiger partial charge in [0.05, 0.1) is 18.8 Å². The summed E-state index contributed by atoms with van der Waals surface area (Å²) in [6.45, 7) is 3.47. The molecule has 3 unspecified atom stereocenters. The highest BCUT2D eigenvalue weighted by Crippen LogP contribution is 2.22. The van der Waals surface area contributed by atoms with Gasteiger partial charge in [0.25, 0.3) is 0 Å². The minimum Gasteiger partial charge on any atom is -0.394 e. The Morgan fingerprint density at radius 1 is 1.64 bits per heavy atom. The van der Waals surface area contributed by atoms with Crippen LogP contribution in [0.2, 0.25) is 0 Å². The molecule has 0 aromatic heterocycles. The quantitative estimate of drug-likeness (QED) is 0.571. The van der Waals surface area contributed by atoms with Crippen LogP contribution in [-0.4, -0.2) is 35.1 Å². The third-order valence-electron chi connectivity index (χ3n) is 1.91. The van der Waals surface area contributed by atoms with Gasteiger partial charge in [-0.25, -0.2) is 0 Å². The molecule has 1 aliphatic heterocycles. The zero-order valence-corrected chi connectivity index (χ0v) is 6.44. The highest BCUT2D eigenvalue weighted by molar-refractivity contribution is 4.85. The van der Waals surface area contributed by atoms with Crippen LogP contribution in [0.5, 0.6) is 0 Å². The second kappa shape index (κ2) is 3.85. The van der Waals surface area contributed by atoms with Gasteiger partial charge in [0.2, 0.25) is 0 Å². The fourth-order valence-electron chi connectivity index (χ4n) is 1.32. The van der Waals surface area contributed by atoms with E-state index in [0.717, 1.165) is 6.42 Å². The third kappa shape index (κ3) is 2.02. The minimum absolute atomic E-state index is 0.0413. The Morgan fingerprint density at radius 3 is 2.82 bits per heavy atom. The van der Waals surface area contributed by atoms with Crippen LogP contribution in [0.25, 0.3) is 0 Å². The van der Waals surface area contributed by atoms with Gasteiger partial charge in [0, 0.05) is 6.42 Å². The lowest BCUT2D eigenvalue weighted by Gasteiger charge is -2.09. The lowest BCUT2D eigenvalue weighted by molar-refractivity contribution is -0.0208. The summed E-state index contributed by atoms with van der Waals surface area (Å²) in [5.74, 6) is 0. The van der Waals surface area contributed by atoms with E-state index < -0.39 is 6.10 Å². The molecule has 0 aromatic rings. The van der Waals surface area contributed by atoms with Gasteiger partial charge >= 0.3 is 0 Å². The summed E-state index contributed by atoms with van der Waals surface area (Å²) in [7, 11) is 0. The van der Waals surface area contributed by atoms with Crippen LogP contribution >= 0.6 is 0 Å². The Hall–Kier alpha value is -0.380. The summed E-state index contributed by atoms with van der Waals surface area (Å²) in [4.78, 5) is 0. The molecule has 0 spiro atoms. The van der Waals surface area contributed by atoms with Crippen LogP contribution in [0.15, 0.2) is 12.7 Å². The average molecular weight is 158 g/mol. The molecular formula is C8H14O3. The summed E-state index contributed by atoms with van der Waals surface area (Å²) in [6, 6.07) is 0. The average Bonchev–Trinajstić information content (AvgIpc) is 2.32. The van der Waals surface area contributed by atoms with Crippen LogP contribution in [0.1, 0.15) is 12.8 Å². The first-order chi connectivity index (χ1) is 5.27. The molecule has 0 aromatic carbocycles. The second-order valence-electron chi connectivity index (χ2n) is 2.81. The number of rotatable bonds is 3. The van der Waals surface area contributed by atoms with Crippen LogP contribution in [0.3, 0.4) is 0 Å². The summed E-state index contributed by atoms with van der Waals surface area (Å²) in [6.07, 6.45) is 2.26. The Labute approximate surface area is 66.3 Å². The van der Waals surface area contributed by atoms with Gasteiger partial charge in [-0.15, -0.1) is 6.58 Å². The van der Waals surface area contributed by atoms with Crippen molar-refractivity contribution in [3.05, 3.63) is 12.7 Å². The van der Waals surface area contributed by atoms with E-state index in [0.29, 0.717) is 6.42 Å². The number of hydrogen-bond acceptors (Lipinski definition) is 3. The van der Waals surface area contributed by atoms with Crippen molar-refractivity contribution >= 4 is 0 Å². The van der Waals surface area contributed by atoms with Gasteiger partial charge in [-0.1, -0.05) is 6.08 Å². The van der Waals surface area contributed by atoms with Crippen molar-refractivity contribution in [1.29, 1.82) is 0 Å². The monoisotopic (exact) mass is 158 g/mol. The van der Waals surface area contributed by atoms with Crippen molar-refractivity contribution in [3.8, 4) is 0 Å². The van der Waals surface area contributed by atoms with Crippen LogP contribution in [0, 0.1) is 0 Å². The van der Waals surface area contributed by atoms with E-state index in [-0.39, 0.29) is 18.8 Å². The molecule has 64 valence electrons. The smallest absolute Gasteiger partial charge is 0.107 e. The number of hydrogen-bond donors (Lipinski definition) is 2. The number of aliphatic hydroxyl groups is 2. The lowest BCUT2D eigenvalue weighted by atomic mass is 10.1. The van der Waals surface area contributed by atoms with Crippen molar-refractivity contribution < 1.29 is 14.9 Å². The van der Waals surface area contributed by atoms with E-state index in [1.165, 1.54) is 0 Å². The number of aliphatic hydroxyl groups excluding tert-OH is 2. The van der Waals surface area contributed by atoms with Crippen LogP contribution in [0.4, 0.5) is 0 Å². The number of ether oxygens (including phenoxy) is 1. The third-order valence-corrected chi connectivity index (χ3v) is 1.91. The molecule has 0 saturated carbocycles. The minimum atomic E-state index is -0.509. The molecule has 1 saturated heterocycles. The van der Waals surface area contributed by atoms with Gasteiger partial charge in [0.15, 0.2) is 0 Å².